The second kappa shape index (κ2) is 11.5. The van der Waals surface area contributed by atoms with Crippen molar-refractivity contribution in [2.75, 3.05) is 36.6 Å². The lowest BCUT2D eigenvalue weighted by molar-refractivity contribution is -0.119. The average molecular weight is 365 g/mol. The number of hydrogen-bond donors (Lipinski definition) is 2. The van der Waals surface area contributed by atoms with Crippen LogP contribution in [0.1, 0.15) is 32.6 Å². The summed E-state index contributed by atoms with van der Waals surface area (Å²) in [6, 6.07) is 7.71. The van der Waals surface area contributed by atoms with Crippen LogP contribution in [-0.2, 0) is 14.4 Å². The molecule has 1 aromatic rings. The van der Waals surface area contributed by atoms with Crippen molar-refractivity contribution in [3.05, 3.63) is 24.3 Å². The summed E-state index contributed by atoms with van der Waals surface area (Å²) in [4.78, 5) is 36.1. The lowest BCUT2D eigenvalue weighted by Gasteiger charge is -2.14. The molecule has 0 unspecified atom stereocenters. The molecular weight excluding hydrogens is 338 g/mol. The summed E-state index contributed by atoms with van der Waals surface area (Å²) < 4.78 is 0. The Morgan fingerprint density at radius 1 is 1.08 bits per heavy atom. The van der Waals surface area contributed by atoms with Crippen LogP contribution in [0.25, 0.3) is 0 Å². The van der Waals surface area contributed by atoms with Crippen molar-refractivity contribution in [2.45, 2.75) is 32.6 Å². The van der Waals surface area contributed by atoms with Gasteiger partial charge in [-0.25, -0.2) is 0 Å². The molecule has 0 aliphatic rings. The van der Waals surface area contributed by atoms with Gasteiger partial charge in [0.05, 0.1) is 5.75 Å². The summed E-state index contributed by atoms with van der Waals surface area (Å²) in [5.41, 5.74) is 1.84. The molecule has 0 fully saturated rings. The Labute approximate surface area is 153 Å². The lowest BCUT2D eigenvalue weighted by Crippen LogP contribution is -2.26. The van der Waals surface area contributed by atoms with E-state index in [-0.39, 0.29) is 22.7 Å². The van der Waals surface area contributed by atoms with Crippen LogP contribution in [0.5, 0.6) is 0 Å². The number of carbonyl (C=O) groups excluding carboxylic acids is 3. The van der Waals surface area contributed by atoms with Crippen LogP contribution in [0.15, 0.2) is 24.3 Å². The molecule has 0 aromatic heterocycles. The van der Waals surface area contributed by atoms with E-state index in [9.17, 15) is 14.4 Å². The van der Waals surface area contributed by atoms with Gasteiger partial charge in [-0.1, -0.05) is 24.2 Å². The van der Waals surface area contributed by atoms with Gasteiger partial charge in [-0.3, -0.25) is 14.4 Å². The molecule has 0 heterocycles. The van der Waals surface area contributed by atoms with Gasteiger partial charge in [0.1, 0.15) is 0 Å². The fourth-order valence-corrected chi connectivity index (χ4v) is 2.56. The fourth-order valence-electron chi connectivity index (χ4n) is 2.12. The third kappa shape index (κ3) is 9.76. The Morgan fingerprint density at radius 3 is 2.52 bits per heavy atom. The van der Waals surface area contributed by atoms with E-state index in [1.807, 2.05) is 43.3 Å². The lowest BCUT2D eigenvalue weighted by atomic mass is 10.2. The average Bonchev–Trinajstić information content (AvgIpc) is 2.56. The molecule has 0 aliphatic carbocycles. The van der Waals surface area contributed by atoms with Crippen LogP contribution in [0, 0.1) is 0 Å². The summed E-state index contributed by atoms with van der Waals surface area (Å²) in [5, 5.41) is 5.61. The number of amides is 2. The molecule has 2 N–H and O–H groups in total. The normalized spacial score (nSPS) is 10.2. The molecule has 2 amide bonds. The summed E-state index contributed by atoms with van der Waals surface area (Å²) in [7, 11) is 3.91. The zero-order valence-electron chi connectivity index (χ0n) is 15.1. The first kappa shape index (κ1) is 21.0. The molecule has 0 aliphatic heterocycles. The number of nitrogens with one attached hydrogen (secondary N) is 2. The maximum Gasteiger partial charge on any atom is 0.230 e. The second-order valence-electron chi connectivity index (χ2n) is 5.93. The molecule has 0 saturated heterocycles. The molecule has 0 spiro atoms. The minimum atomic E-state index is -0.126. The Kier molecular flexibility index (Phi) is 9.69. The number of rotatable bonds is 10. The Bertz CT molecular complexity index is 591. The zero-order chi connectivity index (χ0) is 18.7. The van der Waals surface area contributed by atoms with Crippen molar-refractivity contribution in [3.8, 4) is 0 Å². The molecule has 25 heavy (non-hydrogen) atoms. The molecule has 0 atom stereocenters. The quantitative estimate of drug-likeness (QED) is 0.623. The molecular formula is C18H27N3O3S. The van der Waals surface area contributed by atoms with E-state index in [1.54, 1.807) is 0 Å². The van der Waals surface area contributed by atoms with Crippen LogP contribution < -0.4 is 15.5 Å². The van der Waals surface area contributed by atoms with Crippen molar-refractivity contribution >= 4 is 40.1 Å². The van der Waals surface area contributed by atoms with Crippen molar-refractivity contribution < 1.29 is 14.4 Å². The maximum absolute atomic E-state index is 12.0. The van der Waals surface area contributed by atoms with Gasteiger partial charge in [0.2, 0.25) is 11.8 Å². The van der Waals surface area contributed by atoms with Gasteiger partial charge < -0.3 is 15.5 Å². The molecule has 138 valence electrons. The van der Waals surface area contributed by atoms with Gasteiger partial charge in [0.15, 0.2) is 5.12 Å². The zero-order valence-corrected chi connectivity index (χ0v) is 15.9. The highest BCUT2D eigenvalue weighted by atomic mass is 32.2. The Balaban J connectivity index is 2.14. The molecule has 7 heteroatoms. The molecule has 1 rings (SSSR count). The second-order valence-corrected chi connectivity index (χ2v) is 7.09. The maximum atomic E-state index is 12.0. The highest BCUT2D eigenvalue weighted by molar-refractivity contribution is 8.14. The minimum Gasteiger partial charge on any atom is -0.378 e. The van der Waals surface area contributed by atoms with Crippen molar-refractivity contribution in [1.29, 1.82) is 0 Å². The first-order chi connectivity index (χ1) is 11.9. The number of hydrogen-bond acceptors (Lipinski definition) is 5. The first-order valence-corrected chi connectivity index (χ1v) is 9.34. The Morgan fingerprint density at radius 2 is 1.84 bits per heavy atom. The number of anilines is 2. The van der Waals surface area contributed by atoms with E-state index < -0.39 is 0 Å². The van der Waals surface area contributed by atoms with E-state index in [1.165, 1.54) is 6.92 Å². The van der Waals surface area contributed by atoms with Crippen LogP contribution in [0.2, 0.25) is 0 Å². The number of nitrogens with zero attached hydrogens (tertiary/aromatic N) is 1. The van der Waals surface area contributed by atoms with Crippen molar-refractivity contribution in [1.82, 2.24) is 5.32 Å². The van der Waals surface area contributed by atoms with E-state index in [4.69, 9.17) is 0 Å². The Hall–Kier alpha value is -2.02. The van der Waals surface area contributed by atoms with Crippen molar-refractivity contribution in [3.63, 3.8) is 0 Å². The molecule has 6 nitrogen and oxygen atoms in total. The highest BCUT2D eigenvalue weighted by Gasteiger charge is 2.05. The first-order valence-electron chi connectivity index (χ1n) is 8.36. The van der Waals surface area contributed by atoms with E-state index in [2.05, 4.69) is 10.6 Å². The van der Waals surface area contributed by atoms with Gasteiger partial charge in [-0.2, -0.15) is 0 Å². The molecule has 0 bridgehead atoms. The summed E-state index contributed by atoms with van der Waals surface area (Å²) in [6.45, 7) is 2.02. The minimum absolute atomic E-state index is 0.00204. The standard InChI is InChI=1S/C18H27N3O3S/c1-14(22)25-13-18(24)19-11-6-4-5-10-17(23)20-15-8-7-9-16(12-15)21(2)3/h7-9,12H,4-6,10-11,13H2,1-3H3,(H,19,24)(H,20,23). The fraction of sp³-hybridized carbons (Fsp3) is 0.500. The predicted molar refractivity (Wildman–Crippen MR) is 104 cm³/mol. The van der Waals surface area contributed by atoms with Crippen LogP contribution in [0.3, 0.4) is 0 Å². The summed E-state index contributed by atoms with van der Waals surface area (Å²) in [5.74, 6) is 0.0422. The van der Waals surface area contributed by atoms with Crippen LogP contribution in [0.4, 0.5) is 11.4 Å². The van der Waals surface area contributed by atoms with Crippen LogP contribution >= 0.6 is 11.8 Å². The van der Waals surface area contributed by atoms with Gasteiger partial charge in [-0.15, -0.1) is 0 Å². The third-order valence-electron chi connectivity index (χ3n) is 3.46. The third-order valence-corrected chi connectivity index (χ3v) is 4.27. The highest BCUT2D eigenvalue weighted by Crippen LogP contribution is 2.17. The summed E-state index contributed by atoms with van der Waals surface area (Å²) in [6.07, 6.45) is 2.92. The van der Waals surface area contributed by atoms with Crippen LogP contribution in [-0.4, -0.2) is 43.3 Å². The van der Waals surface area contributed by atoms with Gasteiger partial charge in [-0.05, 0) is 31.0 Å². The predicted octanol–water partition coefficient (Wildman–Crippen LogP) is 2.65. The van der Waals surface area contributed by atoms with Crippen molar-refractivity contribution in [2.24, 2.45) is 0 Å². The molecule has 0 saturated carbocycles. The topological polar surface area (TPSA) is 78.5 Å². The van der Waals surface area contributed by atoms with E-state index >= 15 is 0 Å². The molecule has 1 aromatic carbocycles. The van der Waals surface area contributed by atoms with Gasteiger partial charge in [0.25, 0.3) is 0 Å². The molecule has 0 radical (unpaired) electrons. The number of carbonyl (C=O) groups is 3. The smallest absolute Gasteiger partial charge is 0.230 e. The SMILES string of the molecule is CC(=O)SCC(=O)NCCCCCC(=O)Nc1cccc(N(C)C)c1. The number of benzene rings is 1. The number of unbranched alkanes of at least 4 members (excludes halogenated alkanes) is 2. The monoisotopic (exact) mass is 365 g/mol. The summed E-state index contributed by atoms with van der Waals surface area (Å²) >= 11 is 1.01. The van der Waals surface area contributed by atoms with Gasteiger partial charge in [0, 0.05) is 45.4 Å². The largest absolute Gasteiger partial charge is 0.378 e. The van der Waals surface area contributed by atoms with Gasteiger partial charge >= 0.3 is 0 Å². The van der Waals surface area contributed by atoms with E-state index in [0.29, 0.717) is 13.0 Å². The number of thioether (sulfide) groups is 1. The van der Waals surface area contributed by atoms with E-state index in [0.717, 1.165) is 42.4 Å².